The van der Waals surface area contributed by atoms with Crippen molar-refractivity contribution in [2.24, 2.45) is 0 Å². The van der Waals surface area contributed by atoms with E-state index in [4.69, 9.17) is 19.3 Å². The van der Waals surface area contributed by atoms with Crippen LogP contribution < -0.4 is 11.4 Å². The minimum absolute atomic E-state index is 0.0704. The van der Waals surface area contributed by atoms with Gasteiger partial charge in [0.25, 0.3) is 0 Å². The third kappa shape index (κ3) is 5.27. The predicted octanol–water partition coefficient (Wildman–Crippen LogP) is 4.40. The molecule has 11 heteroatoms. The Morgan fingerprint density at radius 3 is 2.33 bits per heavy atom. The summed E-state index contributed by atoms with van der Waals surface area (Å²) in [5.41, 5.74) is 6.31. The van der Waals surface area contributed by atoms with Crippen LogP contribution in [0.3, 0.4) is 0 Å². The van der Waals surface area contributed by atoms with E-state index < -0.39 is 22.3 Å². The van der Waals surface area contributed by atoms with E-state index in [-0.39, 0.29) is 34.3 Å². The minimum Gasteiger partial charge on any atom is -0.414 e. The molecule has 0 saturated carbocycles. The van der Waals surface area contributed by atoms with Gasteiger partial charge in [-0.3, -0.25) is 9.55 Å². The lowest BCUT2D eigenvalue weighted by Crippen LogP contribution is -2.48. The van der Waals surface area contributed by atoms with Crippen LogP contribution >= 0.6 is 0 Å². The number of nitrogen functional groups attached to an aromatic ring is 1. The second-order valence-electron chi connectivity index (χ2n) is 12.1. The highest BCUT2D eigenvalue weighted by molar-refractivity contribution is 6.74. The van der Waals surface area contributed by atoms with Gasteiger partial charge in [-0.15, -0.1) is 0 Å². The number of nitrogens with zero attached hydrogens (tertiary/aromatic N) is 3. The summed E-state index contributed by atoms with van der Waals surface area (Å²) in [6, 6.07) is 0. The monoisotopic (exact) mass is 495 g/mol. The molecule has 1 fully saturated rings. The summed E-state index contributed by atoms with van der Waals surface area (Å²) in [5, 5.41) is 0.171. The second kappa shape index (κ2) is 8.60. The SMILES string of the molecule is CC(C)(C)[Si](C)(C)OCC1OC(n2cnc3c(N)[nH]c(=O)nc32)CC1O[Si](C)(C)C(C)(C)C. The zero-order valence-electron chi connectivity index (χ0n) is 21.8. The third-order valence-electron chi connectivity index (χ3n) is 7.63. The molecule has 3 rings (SSSR count). The smallest absolute Gasteiger partial charge is 0.348 e. The van der Waals surface area contributed by atoms with E-state index in [0.29, 0.717) is 24.2 Å². The molecule has 186 valence electrons. The summed E-state index contributed by atoms with van der Waals surface area (Å²) in [6.07, 6.45) is 1.53. The van der Waals surface area contributed by atoms with Crippen LogP contribution in [0.5, 0.6) is 0 Å². The number of rotatable bonds is 6. The molecule has 3 heterocycles. The quantitative estimate of drug-likeness (QED) is 0.570. The molecule has 0 amide bonds. The molecule has 2 aromatic rings. The number of nitrogens with one attached hydrogen (secondary N) is 1. The second-order valence-corrected chi connectivity index (χ2v) is 21.7. The van der Waals surface area contributed by atoms with Gasteiger partial charge in [0.05, 0.1) is 19.0 Å². The lowest BCUT2D eigenvalue weighted by molar-refractivity contribution is -0.0383. The van der Waals surface area contributed by atoms with Crippen molar-refractivity contribution in [1.29, 1.82) is 0 Å². The summed E-state index contributed by atoms with van der Waals surface area (Å²) in [5.74, 6) is 0.202. The maximum absolute atomic E-state index is 11.9. The normalized spacial score (nSPS) is 22.9. The number of H-pyrrole nitrogens is 1. The molecule has 0 aliphatic carbocycles. The van der Waals surface area contributed by atoms with Crippen molar-refractivity contribution in [1.82, 2.24) is 19.5 Å². The van der Waals surface area contributed by atoms with Gasteiger partial charge in [0, 0.05) is 6.42 Å². The molecule has 3 N–H and O–H groups in total. The Balaban J connectivity index is 1.91. The standard InChI is InChI=1S/C22H41N5O4Si2/c1-21(2,3)32(7,8)29-12-15-14(31-33(9,10)22(4,5)6)11-16(30-15)27-13-24-17-18(23)25-20(28)26-19(17)27/h13-16H,11-12H2,1-10H3,(H3,23,25,26,28). The molecule has 0 aromatic carbocycles. The molecule has 0 bridgehead atoms. The van der Waals surface area contributed by atoms with Crippen LogP contribution in [0.1, 0.15) is 54.2 Å². The van der Waals surface area contributed by atoms with Crippen molar-refractivity contribution >= 4 is 33.6 Å². The lowest BCUT2D eigenvalue weighted by Gasteiger charge is -2.40. The van der Waals surface area contributed by atoms with E-state index in [1.165, 1.54) is 0 Å². The predicted molar refractivity (Wildman–Crippen MR) is 136 cm³/mol. The number of imidazole rings is 1. The summed E-state index contributed by atoms with van der Waals surface area (Å²) in [4.78, 5) is 22.9. The van der Waals surface area contributed by atoms with Crippen LogP contribution in [0.4, 0.5) is 5.82 Å². The number of hydrogen-bond acceptors (Lipinski definition) is 7. The Morgan fingerprint density at radius 2 is 1.76 bits per heavy atom. The van der Waals surface area contributed by atoms with Gasteiger partial charge in [0.1, 0.15) is 23.7 Å². The maximum Gasteiger partial charge on any atom is 0.348 e. The van der Waals surface area contributed by atoms with Gasteiger partial charge in [-0.1, -0.05) is 41.5 Å². The molecule has 0 spiro atoms. The highest BCUT2D eigenvalue weighted by Crippen LogP contribution is 2.42. The molecule has 1 saturated heterocycles. The first-order chi connectivity index (χ1) is 14.9. The molecule has 1 aliphatic heterocycles. The summed E-state index contributed by atoms with van der Waals surface area (Å²) >= 11 is 0. The first kappa shape index (κ1) is 26.1. The van der Waals surface area contributed by atoms with Crippen LogP contribution in [0.2, 0.25) is 36.3 Å². The average Bonchev–Trinajstić information content (AvgIpc) is 3.21. The molecule has 0 radical (unpaired) electrons. The van der Waals surface area contributed by atoms with Crippen molar-refractivity contribution in [3.63, 3.8) is 0 Å². The number of aromatic nitrogens is 4. The zero-order valence-corrected chi connectivity index (χ0v) is 23.8. The largest absolute Gasteiger partial charge is 0.414 e. The Kier molecular flexibility index (Phi) is 6.79. The van der Waals surface area contributed by atoms with Gasteiger partial charge >= 0.3 is 5.69 Å². The fourth-order valence-corrected chi connectivity index (χ4v) is 5.74. The summed E-state index contributed by atoms with van der Waals surface area (Å²) in [7, 11) is -4.01. The van der Waals surface area contributed by atoms with Crippen molar-refractivity contribution in [2.45, 2.75) is 103 Å². The molecule has 1 aliphatic rings. The van der Waals surface area contributed by atoms with E-state index >= 15 is 0 Å². The average molecular weight is 496 g/mol. The van der Waals surface area contributed by atoms with Crippen LogP contribution in [0, 0.1) is 0 Å². The Bertz CT molecular complexity index is 1050. The lowest BCUT2D eigenvalue weighted by atomic mass is 10.2. The van der Waals surface area contributed by atoms with Crippen molar-refractivity contribution in [3.8, 4) is 0 Å². The summed E-state index contributed by atoms with van der Waals surface area (Å²) in [6.45, 7) is 22.8. The number of hydrogen-bond donors (Lipinski definition) is 2. The maximum atomic E-state index is 11.9. The van der Waals surface area contributed by atoms with Crippen LogP contribution in [-0.2, 0) is 13.6 Å². The molecular weight excluding hydrogens is 454 g/mol. The highest BCUT2D eigenvalue weighted by Gasteiger charge is 2.46. The van der Waals surface area contributed by atoms with Crippen LogP contribution in [0.25, 0.3) is 11.2 Å². The van der Waals surface area contributed by atoms with Crippen LogP contribution in [-0.4, -0.2) is 55.0 Å². The number of nitrogens with two attached hydrogens (primary N) is 1. The van der Waals surface area contributed by atoms with E-state index in [0.717, 1.165) is 0 Å². The molecule has 33 heavy (non-hydrogen) atoms. The van der Waals surface area contributed by atoms with Crippen molar-refractivity contribution < 1.29 is 13.6 Å². The van der Waals surface area contributed by atoms with Gasteiger partial charge < -0.3 is 19.3 Å². The van der Waals surface area contributed by atoms with Gasteiger partial charge in [-0.05, 0) is 36.3 Å². The number of anilines is 1. The van der Waals surface area contributed by atoms with E-state index in [1.54, 1.807) is 10.9 Å². The number of aromatic amines is 1. The van der Waals surface area contributed by atoms with Gasteiger partial charge in [0.15, 0.2) is 22.3 Å². The Labute approximate surface area is 198 Å². The van der Waals surface area contributed by atoms with Crippen molar-refractivity contribution in [2.75, 3.05) is 12.3 Å². The zero-order chi connectivity index (χ0) is 25.0. The first-order valence-electron chi connectivity index (χ1n) is 11.6. The fourth-order valence-electron chi connectivity index (χ4n) is 3.37. The van der Waals surface area contributed by atoms with Crippen molar-refractivity contribution in [3.05, 3.63) is 16.8 Å². The molecule has 9 nitrogen and oxygen atoms in total. The van der Waals surface area contributed by atoms with E-state index in [1.807, 2.05) is 0 Å². The molecule has 3 atom stereocenters. The topological polar surface area (TPSA) is 117 Å². The van der Waals surface area contributed by atoms with E-state index in [9.17, 15) is 4.79 Å². The van der Waals surface area contributed by atoms with Gasteiger partial charge in [0.2, 0.25) is 0 Å². The van der Waals surface area contributed by atoms with Gasteiger partial charge in [-0.25, -0.2) is 9.78 Å². The van der Waals surface area contributed by atoms with E-state index in [2.05, 4.69) is 82.7 Å². The first-order valence-corrected chi connectivity index (χ1v) is 17.4. The summed E-state index contributed by atoms with van der Waals surface area (Å²) < 4.78 is 21.6. The minimum atomic E-state index is -2.05. The molecular formula is C22H41N5O4Si2. The number of fused-ring (bicyclic) bond motifs is 1. The Hall–Kier alpha value is -1.54. The Morgan fingerprint density at radius 1 is 1.15 bits per heavy atom. The molecule has 2 aromatic heterocycles. The molecule has 3 unspecified atom stereocenters. The van der Waals surface area contributed by atoms with Crippen LogP contribution in [0.15, 0.2) is 11.1 Å². The third-order valence-corrected chi connectivity index (χ3v) is 16.6. The highest BCUT2D eigenvalue weighted by atomic mass is 28.4. The fraction of sp³-hybridized carbons (Fsp3) is 0.773. The van der Waals surface area contributed by atoms with Gasteiger partial charge in [-0.2, -0.15) is 4.98 Å². The number of ether oxygens (including phenoxy) is 1.